The third-order valence-corrected chi connectivity index (χ3v) is 1.60. The number of rotatable bonds is 2. The number of hydrogen-bond donors (Lipinski definition) is 3. The third-order valence-electron chi connectivity index (χ3n) is 1.60. The van der Waals surface area contributed by atoms with Gasteiger partial charge in [-0.1, -0.05) is 13.0 Å². The lowest BCUT2D eigenvalue weighted by Gasteiger charge is -1.88. The molecule has 0 aromatic heterocycles. The molecule has 0 atom stereocenters. The fourth-order valence-electron chi connectivity index (χ4n) is 0.821. The molecule has 5 nitrogen and oxygen atoms in total. The largest absolute Gasteiger partial charge is 0.366 e. The van der Waals surface area contributed by atoms with E-state index in [9.17, 15) is 9.59 Å². The normalized spacial score (nSPS) is 15.0. The van der Waals surface area contributed by atoms with E-state index in [-0.39, 0.29) is 11.9 Å². The summed E-state index contributed by atoms with van der Waals surface area (Å²) in [5.41, 5.74) is 5.56. The zero-order valence-electron chi connectivity index (χ0n) is 8.59. The van der Waals surface area contributed by atoms with Gasteiger partial charge in [-0.05, 0) is 13.3 Å². The average Bonchev–Trinajstić information content (AvgIpc) is 2.57. The fourth-order valence-corrected chi connectivity index (χ4v) is 0.821. The number of carbonyl (C=O) groups excluding carboxylic acids is 2. The quantitative estimate of drug-likeness (QED) is 0.552. The van der Waals surface area contributed by atoms with Crippen molar-refractivity contribution in [2.24, 2.45) is 5.73 Å². The summed E-state index contributed by atoms with van der Waals surface area (Å²) >= 11 is 0. The maximum atomic E-state index is 10.2. The summed E-state index contributed by atoms with van der Waals surface area (Å²) in [4.78, 5) is 20.3. The lowest BCUT2D eigenvalue weighted by Crippen LogP contribution is -2.20. The highest BCUT2D eigenvalue weighted by molar-refractivity contribution is 5.91. The Morgan fingerprint density at radius 2 is 2.00 bits per heavy atom. The van der Waals surface area contributed by atoms with Gasteiger partial charge in [0.05, 0.1) is 0 Å². The van der Waals surface area contributed by atoms with E-state index < -0.39 is 0 Å². The van der Waals surface area contributed by atoms with Gasteiger partial charge in [0.25, 0.3) is 0 Å². The van der Waals surface area contributed by atoms with Crippen LogP contribution >= 0.6 is 0 Å². The molecule has 0 aromatic rings. The molecule has 1 heterocycles. The van der Waals surface area contributed by atoms with Crippen molar-refractivity contribution in [3.05, 3.63) is 11.6 Å². The number of nitrogens with two attached hydrogens (primary N) is 1. The molecule has 1 aliphatic rings. The maximum Gasteiger partial charge on any atom is 0.314 e. The van der Waals surface area contributed by atoms with Crippen molar-refractivity contribution in [1.29, 1.82) is 0 Å². The van der Waals surface area contributed by atoms with Crippen LogP contribution in [-0.2, 0) is 4.79 Å². The van der Waals surface area contributed by atoms with Crippen molar-refractivity contribution in [3.63, 3.8) is 0 Å². The molecule has 3 amide bonds. The lowest BCUT2D eigenvalue weighted by atomic mass is 10.2. The van der Waals surface area contributed by atoms with Gasteiger partial charge in [-0.3, -0.25) is 4.79 Å². The van der Waals surface area contributed by atoms with Gasteiger partial charge in [0.1, 0.15) is 0 Å². The van der Waals surface area contributed by atoms with Crippen LogP contribution in [-0.4, -0.2) is 25.0 Å². The topological polar surface area (TPSA) is 84.2 Å². The zero-order valence-corrected chi connectivity index (χ0v) is 8.59. The van der Waals surface area contributed by atoms with Crippen molar-refractivity contribution in [2.45, 2.75) is 20.3 Å². The van der Waals surface area contributed by atoms with Crippen molar-refractivity contribution in [2.75, 3.05) is 13.1 Å². The van der Waals surface area contributed by atoms with E-state index in [4.69, 9.17) is 5.73 Å². The van der Waals surface area contributed by atoms with Crippen LogP contribution in [0, 0.1) is 0 Å². The fraction of sp³-hybridized carbons (Fsp3) is 0.556. The second-order valence-electron chi connectivity index (χ2n) is 2.84. The van der Waals surface area contributed by atoms with Crippen LogP contribution in [0.25, 0.3) is 0 Å². The Bertz CT molecular complexity index is 228. The van der Waals surface area contributed by atoms with Crippen LogP contribution in [0.15, 0.2) is 11.6 Å². The van der Waals surface area contributed by atoms with Crippen LogP contribution < -0.4 is 16.4 Å². The molecule has 1 fully saturated rings. The van der Waals surface area contributed by atoms with Crippen LogP contribution in [0.5, 0.6) is 0 Å². The Morgan fingerprint density at radius 3 is 2.14 bits per heavy atom. The molecular weight excluding hydrogens is 182 g/mol. The Morgan fingerprint density at radius 1 is 1.50 bits per heavy atom. The maximum absolute atomic E-state index is 10.2. The smallest absolute Gasteiger partial charge is 0.314 e. The monoisotopic (exact) mass is 199 g/mol. The van der Waals surface area contributed by atoms with Crippen LogP contribution in [0.3, 0.4) is 0 Å². The van der Waals surface area contributed by atoms with Crippen molar-refractivity contribution in [3.8, 4) is 0 Å². The summed E-state index contributed by atoms with van der Waals surface area (Å²) in [6.45, 7) is 5.23. The van der Waals surface area contributed by atoms with Crippen LogP contribution in [0.2, 0.25) is 0 Å². The highest BCUT2D eigenvalue weighted by Gasteiger charge is 2.03. The van der Waals surface area contributed by atoms with Gasteiger partial charge in [-0.25, -0.2) is 4.79 Å². The molecule has 0 radical (unpaired) electrons. The van der Waals surface area contributed by atoms with E-state index in [1.807, 2.05) is 13.0 Å². The van der Waals surface area contributed by atoms with Gasteiger partial charge < -0.3 is 16.4 Å². The van der Waals surface area contributed by atoms with Crippen LogP contribution in [0.1, 0.15) is 20.3 Å². The first-order valence-corrected chi connectivity index (χ1v) is 4.56. The van der Waals surface area contributed by atoms with E-state index in [1.54, 1.807) is 6.92 Å². The SMILES string of the molecule is CCC=C(C)C(N)=O.O=C1NCCN1. The Labute approximate surface area is 83.7 Å². The molecule has 1 rings (SSSR count). The number of primary amides is 1. The molecule has 0 unspecified atom stereocenters. The van der Waals surface area contributed by atoms with Gasteiger partial charge in [0.2, 0.25) is 5.91 Å². The number of allylic oxidation sites excluding steroid dienone is 1. The number of nitrogens with one attached hydrogen (secondary N) is 2. The van der Waals surface area contributed by atoms with Gasteiger partial charge in [0.15, 0.2) is 0 Å². The summed E-state index contributed by atoms with van der Waals surface area (Å²) in [5, 5.41) is 5.14. The summed E-state index contributed by atoms with van der Waals surface area (Å²) < 4.78 is 0. The van der Waals surface area contributed by atoms with Crippen LogP contribution in [0.4, 0.5) is 4.79 Å². The first-order chi connectivity index (χ1) is 6.57. The Hall–Kier alpha value is -1.52. The van der Waals surface area contributed by atoms with E-state index in [1.165, 1.54) is 0 Å². The zero-order chi connectivity index (χ0) is 11.0. The van der Waals surface area contributed by atoms with Gasteiger partial charge in [-0.15, -0.1) is 0 Å². The summed E-state index contributed by atoms with van der Waals surface area (Å²) in [7, 11) is 0. The molecule has 14 heavy (non-hydrogen) atoms. The van der Waals surface area contributed by atoms with E-state index in [2.05, 4.69) is 10.6 Å². The third kappa shape index (κ3) is 6.05. The number of carbonyl (C=O) groups is 2. The van der Waals surface area contributed by atoms with Crippen molar-refractivity contribution >= 4 is 11.9 Å². The number of amides is 3. The Balaban J connectivity index is 0.000000249. The van der Waals surface area contributed by atoms with Gasteiger partial charge >= 0.3 is 6.03 Å². The molecule has 0 saturated carbocycles. The summed E-state index contributed by atoms with van der Waals surface area (Å²) in [6, 6.07) is -0.0463. The van der Waals surface area contributed by atoms with E-state index in [0.717, 1.165) is 19.5 Å². The molecule has 4 N–H and O–H groups in total. The van der Waals surface area contributed by atoms with Crippen molar-refractivity contribution in [1.82, 2.24) is 10.6 Å². The van der Waals surface area contributed by atoms with Gasteiger partial charge in [-0.2, -0.15) is 0 Å². The standard InChI is InChI=1S/C6H11NO.C3H6N2O/c1-3-4-5(2)6(7)8;6-3-4-1-2-5-3/h4H,3H2,1-2H3,(H2,7,8);1-2H2,(H2,4,5,6). The lowest BCUT2D eigenvalue weighted by molar-refractivity contribution is -0.114. The molecule has 5 heteroatoms. The Kier molecular flexibility index (Phi) is 6.19. The molecule has 80 valence electrons. The van der Waals surface area contributed by atoms with E-state index >= 15 is 0 Å². The molecule has 0 aliphatic carbocycles. The highest BCUT2D eigenvalue weighted by atomic mass is 16.2. The highest BCUT2D eigenvalue weighted by Crippen LogP contribution is 1.91. The second-order valence-corrected chi connectivity index (χ2v) is 2.84. The summed E-state index contributed by atoms with van der Waals surface area (Å²) in [5.74, 6) is -0.327. The second kappa shape index (κ2) is 6.94. The molecule has 0 aromatic carbocycles. The molecule has 1 saturated heterocycles. The minimum absolute atomic E-state index is 0.0463. The first-order valence-electron chi connectivity index (χ1n) is 4.56. The van der Waals surface area contributed by atoms with E-state index in [0.29, 0.717) is 5.57 Å². The number of hydrogen-bond acceptors (Lipinski definition) is 2. The predicted octanol–water partition coefficient (Wildman–Crippen LogP) is 0.127. The molecular formula is C9H17N3O2. The minimum atomic E-state index is -0.327. The minimum Gasteiger partial charge on any atom is -0.366 e. The average molecular weight is 199 g/mol. The molecule has 0 bridgehead atoms. The van der Waals surface area contributed by atoms with Crippen molar-refractivity contribution < 1.29 is 9.59 Å². The molecule has 1 aliphatic heterocycles. The molecule has 0 spiro atoms. The predicted molar refractivity (Wildman–Crippen MR) is 54.6 cm³/mol. The van der Waals surface area contributed by atoms with Gasteiger partial charge in [0, 0.05) is 18.7 Å². The number of urea groups is 1. The summed E-state index contributed by atoms with van der Waals surface area (Å²) in [6.07, 6.45) is 2.68. The first kappa shape index (κ1) is 12.5.